The maximum Gasteiger partial charge on any atom is 0.258 e. The molecule has 144 valence electrons. The summed E-state index contributed by atoms with van der Waals surface area (Å²) < 4.78 is 5.39. The summed E-state index contributed by atoms with van der Waals surface area (Å²) in [6, 6.07) is 17.6. The van der Waals surface area contributed by atoms with Crippen LogP contribution in [0, 0.1) is 0 Å². The fraction of sp³-hybridized carbons (Fsp3) is 0.227. The van der Waals surface area contributed by atoms with E-state index in [9.17, 15) is 4.79 Å². The second-order valence-electron chi connectivity index (χ2n) is 6.22. The summed E-state index contributed by atoms with van der Waals surface area (Å²) in [7, 11) is 0. The number of amides is 1. The summed E-state index contributed by atoms with van der Waals surface area (Å²) in [4.78, 5) is 20.8. The topological polar surface area (TPSA) is 76.1 Å². The number of hydrogen-bond donors (Lipinski definition) is 2. The molecule has 0 aliphatic rings. The number of hydrogen-bond acceptors (Lipinski definition) is 5. The Labute approximate surface area is 165 Å². The van der Waals surface area contributed by atoms with E-state index in [1.165, 1.54) is 18.0 Å². The first-order chi connectivity index (χ1) is 13.7. The standard InChI is InChI=1S/C22H24N4O2/c1-2-28-20-12-10-19(11-13-20)26-21(27)18-15-24-22(25-16-18)23-14-6-9-17-7-4-3-5-8-17/h3-5,7-8,10-13,15-16H,2,6,9,14H2,1H3,(H,26,27)(H,23,24,25). The maximum absolute atomic E-state index is 12.3. The number of anilines is 2. The monoisotopic (exact) mass is 376 g/mol. The third kappa shape index (κ3) is 5.81. The molecule has 1 amide bonds. The Morgan fingerprint density at radius 2 is 1.71 bits per heavy atom. The summed E-state index contributed by atoms with van der Waals surface area (Å²) in [5.41, 5.74) is 2.41. The Morgan fingerprint density at radius 1 is 1.00 bits per heavy atom. The molecule has 0 unspecified atom stereocenters. The lowest BCUT2D eigenvalue weighted by atomic mass is 10.1. The second kappa shape index (κ2) is 10.1. The number of nitrogens with zero attached hydrogens (tertiary/aromatic N) is 2. The van der Waals surface area contributed by atoms with Crippen LogP contribution in [0.1, 0.15) is 29.3 Å². The number of aryl methyl sites for hydroxylation is 1. The van der Waals surface area contributed by atoms with Gasteiger partial charge >= 0.3 is 0 Å². The van der Waals surface area contributed by atoms with Crippen LogP contribution in [0.5, 0.6) is 5.75 Å². The Kier molecular flexibility index (Phi) is 6.95. The van der Waals surface area contributed by atoms with Gasteiger partial charge < -0.3 is 15.4 Å². The highest BCUT2D eigenvalue weighted by molar-refractivity contribution is 6.03. The van der Waals surface area contributed by atoms with Crippen molar-refractivity contribution in [2.45, 2.75) is 19.8 Å². The van der Waals surface area contributed by atoms with E-state index in [0.717, 1.165) is 25.1 Å². The molecule has 28 heavy (non-hydrogen) atoms. The quantitative estimate of drug-likeness (QED) is 0.548. The predicted octanol–water partition coefficient (Wildman–Crippen LogP) is 4.17. The SMILES string of the molecule is CCOc1ccc(NC(=O)c2cnc(NCCCc3ccccc3)nc2)cc1. The molecule has 3 aromatic rings. The highest BCUT2D eigenvalue weighted by Gasteiger charge is 2.08. The molecule has 3 rings (SSSR count). The lowest BCUT2D eigenvalue weighted by Crippen LogP contribution is -2.13. The van der Waals surface area contributed by atoms with Crippen LogP contribution in [-0.2, 0) is 6.42 Å². The number of carbonyl (C=O) groups is 1. The summed E-state index contributed by atoms with van der Waals surface area (Å²) in [6.07, 6.45) is 5.02. The van der Waals surface area contributed by atoms with E-state index in [2.05, 4.69) is 32.7 Å². The van der Waals surface area contributed by atoms with E-state index < -0.39 is 0 Å². The first-order valence-corrected chi connectivity index (χ1v) is 9.38. The zero-order valence-corrected chi connectivity index (χ0v) is 15.9. The van der Waals surface area contributed by atoms with E-state index in [-0.39, 0.29) is 5.91 Å². The van der Waals surface area contributed by atoms with Crippen molar-refractivity contribution in [3.05, 3.63) is 78.1 Å². The first kappa shape index (κ1) is 19.4. The molecule has 0 saturated carbocycles. The van der Waals surface area contributed by atoms with Crippen molar-refractivity contribution in [1.29, 1.82) is 0 Å². The van der Waals surface area contributed by atoms with Gasteiger partial charge in [0.1, 0.15) is 5.75 Å². The van der Waals surface area contributed by atoms with Crippen LogP contribution in [-0.4, -0.2) is 29.0 Å². The van der Waals surface area contributed by atoms with Crippen LogP contribution < -0.4 is 15.4 Å². The lowest BCUT2D eigenvalue weighted by molar-refractivity contribution is 0.102. The molecule has 2 aromatic carbocycles. The minimum Gasteiger partial charge on any atom is -0.494 e. The summed E-state index contributed by atoms with van der Waals surface area (Å²) in [5.74, 6) is 1.04. The fourth-order valence-electron chi connectivity index (χ4n) is 2.68. The van der Waals surface area contributed by atoms with Crippen molar-refractivity contribution in [3.63, 3.8) is 0 Å². The minimum absolute atomic E-state index is 0.250. The number of rotatable bonds is 9. The Hall–Kier alpha value is -3.41. The summed E-state index contributed by atoms with van der Waals surface area (Å²) in [6.45, 7) is 3.31. The molecule has 0 aliphatic carbocycles. The highest BCUT2D eigenvalue weighted by Crippen LogP contribution is 2.16. The average molecular weight is 376 g/mol. The van der Waals surface area contributed by atoms with Crippen LogP contribution in [0.15, 0.2) is 67.0 Å². The Morgan fingerprint density at radius 3 is 2.39 bits per heavy atom. The summed E-state index contributed by atoms with van der Waals surface area (Å²) in [5, 5.41) is 6.00. The number of nitrogens with one attached hydrogen (secondary N) is 2. The molecule has 0 radical (unpaired) electrons. The van der Waals surface area contributed by atoms with Gasteiger partial charge in [-0.05, 0) is 49.6 Å². The summed E-state index contributed by atoms with van der Waals surface area (Å²) >= 11 is 0. The third-order valence-corrected chi connectivity index (χ3v) is 4.11. The van der Waals surface area contributed by atoms with Gasteiger partial charge in [-0.15, -0.1) is 0 Å². The van der Waals surface area contributed by atoms with E-state index in [1.807, 2.05) is 37.3 Å². The first-order valence-electron chi connectivity index (χ1n) is 9.38. The van der Waals surface area contributed by atoms with Gasteiger partial charge in [0.25, 0.3) is 5.91 Å². The minimum atomic E-state index is -0.250. The molecule has 0 fully saturated rings. The molecule has 6 nitrogen and oxygen atoms in total. The van der Waals surface area contributed by atoms with Crippen molar-refractivity contribution in [3.8, 4) is 5.75 Å². The van der Waals surface area contributed by atoms with Gasteiger partial charge in [-0.25, -0.2) is 9.97 Å². The zero-order valence-electron chi connectivity index (χ0n) is 15.9. The highest BCUT2D eigenvalue weighted by atomic mass is 16.5. The van der Waals surface area contributed by atoms with Gasteiger partial charge in [-0.1, -0.05) is 30.3 Å². The van der Waals surface area contributed by atoms with Gasteiger partial charge in [0.05, 0.1) is 12.2 Å². The van der Waals surface area contributed by atoms with Crippen LogP contribution in [0.2, 0.25) is 0 Å². The fourth-order valence-corrected chi connectivity index (χ4v) is 2.68. The van der Waals surface area contributed by atoms with Gasteiger partial charge in [0, 0.05) is 24.6 Å². The molecule has 0 bridgehead atoms. The molecule has 0 saturated heterocycles. The molecular weight excluding hydrogens is 352 g/mol. The van der Waals surface area contributed by atoms with Crippen LogP contribution in [0.25, 0.3) is 0 Å². The van der Waals surface area contributed by atoms with Crippen molar-refractivity contribution < 1.29 is 9.53 Å². The largest absolute Gasteiger partial charge is 0.494 e. The van der Waals surface area contributed by atoms with Crippen molar-refractivity contribution in [2.24, 2.45) is 0 Å². The zero-order chi connectivity index (χ0) is 19.6. The van der Waals surface area contributed by atoms with Crippen LogP contribution >= 0.6 is 0 Å². The number of benzene rings is 2. The van der Waals surface area contributed by atoms with Crippen molar-refractivity contribution in [1.82, 2.24) is 9.97 Å². The molecule has 0 spiro atoms. The molecule has 0 aliphatic heterocycles. The van der Waals surface area contributed by atoms with Crippen molar-refractivity contribution >= 4 is 17.5 Å². The predicted molar refractivity (Wildman–Crippen MR) is 111 cm³/mol. The molecular formula is C22H24N4O2. The Balaban J connectivity index is 1.45. The van der Waals surface area contributed by atoms with Gasteiger partial charge in [0.15, 0.2) is 0 Å². The van der Waals surface area contributed by atoms with Crippen LogP contribution in [0.3, 0.4) is 0 Å². The van der Waals surface area contributed by atoms with Gasteiger partial charge in [0.2, 0.25) is 5.95 Å². The molecule has 6 heteroatoms. The maximum atomic E-state index is 12.3. The number of ether oxygens (including phenoxy) is 1. The Bertz CT molecular complexity index is 865. The number of aromatic nitrogens is 2. The van der Waals surface area contributed by atoms with E-state index in [1.54, 1.807) is 12.1 Å². The van der Waals surface area contributed by atoms with E-state index in [0.29, 0.717) is 23.8 Å². The lowest BCUT2D eigenvalue weighted by Gasteiger charge is -2.08. The van der Waals surface area contributed by atoms with Gasteiger partial charge in [-0.3, -0.25) is 4.79 Å². The number of carbonyl (C=O) groups excluding carboxylic acids is 1. The normalized spacial score (nSPS) is 10.3. The molecule has 1 aromatic heterocycles. The van der Waals surface area contributed by atoms with Gasteiger partial charge in [-0.2, -0.15) is 0 Å². The van der Waals surface area contributed by atoms with E-state index >= 15 is 0 Å². The second-order valence-corrected chi connectivity index (χ2v) is 6.22. The van der Waals surface area contributed by atoms with Crippen molar-refractivity contribution in [2.75, 3.05) is 23.8 Å². The molecule has 2 N–H and O–H groups in total. The third-order valence-electron chi connectivity index (χ3n) is 4.11. The van der Waals surface area contributed by atoms with E-state index in [4.69, 9.17) is 4.74 Å². The average Bonchev–Trinajstić information content (AvgIpc) is 2.74. The molecule has 1 heterocycles. The van der Waals surface area contributed by atoms with Crippen LogP contribution in [0.4, 0.5) is 11.6 Å². The smallest absolute Gasteiger partial charge is 0.258 e. The molecule has 0 atom stereocenters.